The topological polar surface area (TPSA) is 75.8 Å². The molecular formula is C28H31ClN2O4. The third-order valence-corrected chi connectivity index (χ3v) is 7.12. The maximum atomic E-state index is 12.0. The van der Waals surface area contributed by atoms with Crippen LogP contribution in [0, 0.1) is 22.0 Å². The van der Waals surface area contributed by atoms with E-state index < -0.39 is 10.5 Å². The zero-order valence-electron chi connectivity index (χ0n) is 19.8. The van der Waals surface area contributed by atoms with Crippen LogP contribution in [0.25, 0.3) is 0 Å². The summed E-state index contributed by atoms with van der Waals surface area (Å²) in [5.74, 6) is 0.826. The lowest BCUT2D eigenvalue weighted by Crippen LogP contribution is -2.45. The van der Waals surface area contributed by atoms with Gasteiger partial charge >= 0.3 is 0 Å². The lowest BCUT2D eigenvalue weighted by Gasteiger charge is -2.42. The maximum Gasteiger partial charge on any atom is 0.271 e. The molecule has 1 aliphatic heterocycles. The van der Waals surface area contributed by atoms with Crippen LogP contribution >= 0.6 is 11.6 Å². The Balaban J connectivity index is 1.35. The molecule has 1 saturated heterocycles. The number of aliphatic hydroxyl groups is 1. The number of hydrogen-bond donors (Lipinski definition) is 1. The highest BCUT2D eigenvalue weighted by molar-refractivity contribution is 6.32. The second-order valence-electron chi connectivity index (χ2n) is 9.36. The van der Waals surface area contributed by atoms with Gasteiger partial charge in [0.25, 0.3) is 5.69 Å². The van der Waals surface area contributed by atoms with E-state index in [1.807, 2.05) is 60.7 Å². The second-order valence-corrected chi connectivity index (χ2v) is 9.77. The predicted molar refractivity (Wildman–Crippen MR) is 138 cm³/mol. The Bertz CT molecular complexity index is 1080. The minimum atomic E-state index is -1.02. The molecule has 0 amide bonds. The van der Waals surface area contributed by atoms with E-state index in [4.69, 9.17) is 16.3 Å². The number of likely N-dealkylation sites (tertiary alicyclic amines) is 1. The maximum absolute atomic E-state index is 12.0. The number of halogens is 1. The Labute approximate surface area is 211 Å². The number of rotatable bonds is 9. The summed E-state index contributed by atoms with van der Waals surface area (Å²) in [7, 11) is 0. The summed E-state index contributed by atoms with van der Waals surface area (Å²) in [6.45, 7) is 5.25. The quantitative estimate of drug-likeness (QED) is 0.295. The average molecular weight is 495 g/mol. The molecule has 4 rings (SSSR count). The fraction of sp³-hybridized carbons (Fsp3) is 0.357. The zero-order valence-corrected chi connectivity index (χ0v) is 20.6. The molecule has 1 N–H and O–H groups in total. The number of ether oxygens (including phenoxy) is 1. The lowest BCUT2D eigenvalue weighted by molar-refractivity contribution is -0.384. The van der Waals surface area contributed by atoms with Crippen LogP contribution in [0.3, 0.4) is 0 Å². The number of non-ortho nitro benzene ring substituents is 1. The van der Waals surface area contributed by atoms with Crippen LogP contribution in [0.2, 0.25) is 5.02 Å². The summed E-state index contributed by atoms with van der Waals surface area (Å²) in [6, 6.07) is 24.2. The molecular weight excluding hydrogens is 464 g/mol. The van der Waals surface area contributed by atoms with Crippen molar-refractivity contribution in [3.05, 3.63) is 105 Å². The molecule has 6 nitrogen and oxygen atoms in total. The van der Waals surface area contributed by atoms with Gasteiger partial charge in [0.05, 0.1) is 16.6 Å². The molecule has 1 heterocycles. The molecule has 0 radical (unpaired) electrons. The number of piperidine rings is 1. The van der Waals surface area contributed by atoms with Crippen LogP contribution in [0.1, 0.15) is 30.9 Å². The molecule has 35 heavy (non-hydrogen) atoms. The molecule has 0 spiro atoms. The molecule has 0 bridgehead atoms. The van der Waals surface area contributed by atoms with Crippen molar-refractivity contribution in [2.45, 2.75) is 25.4 Å². The van der Waals surface area contributed by atoms with Crippen molar-refractivity contribution in [3.63, 3.8) is 0 Å². The molecule has 0 aromatic heterocycles. The van der Waals surface area contributed by atoms with Crippen LogP contribution in [0.15, 0.2) is 78.9 Å². The highest BCUT2D eigenvalue weighted by Gasteiger charge is 2.41. The molecule has 3 aromatic carbocycles. The van der Waals surface area contributed by atoms with E-state index >= 15 is 0 Å². The highest BCUT2D eigenvalue weighted by atomic mass is 35.5. The van der Waals surface area contributed by atoms with Crippen molar-refractivity contribution in [1.29, 1.82) is 0 Å². The SMILES string of the molecule is CC(COc1ccc([N+](=O)[O-])cc1Cl)CN1CCC(C(O)(c2ccccc2)c2ccccc2)CC1. The van der Waals surface area contributed by atoms with Gasteiger partial charge in [0.15, 0.2) is 0 Å². The fourth-order valence-electron chi connectivity index (χ4n) is 5.00. The number of hydrogen-bond acceptors (Lipinski definition) is 5. The van der Waals surface area contributed by atoms with Crippen molar-refractivity contribution in [3.8, 4) is 5.75 Å². The first-order valence-electron chi connectivity index (χ1n) is 12.0. The van der Waals surface area contributed by atoms with Crippen LogP contribution < -0.4 is 4.74 Å². The summed E-state index contributed by atoms with van der Waals surface area (Å²) >= 11 is 6.15. The van der Waals surface area contributed by atoms with Crippen molar-refractivity contribution >= 4 is 17.3 Å². The third-order valence-electron chi connectivity index (χ3n) is 6.83. The van der Waals surface area contributed by atoms with E-state index in [1.165, 1.54) is 12.1 Å². The van der Waals surface area contributed by atoms with Gasteiger partial charge in [-0.15, -0.1) is 0 Å². The minimum absolute atomic E-state index is 0.0516. The standard InChI is InChI=1S/C28H31ClN2O4/c1-21(20-35-27-13-12-25(31(33)34)18-26(27)29)19-30-16-14-24(15-17-30)28(32,22-8-4-2-5-9-22)23-10-6-3-7-11-23/h2-13,18,21,24,32H,14-17,19-20H2,1H3. The Morgan fingerprint density at radius 3 is 2.14 bits per heavy atom. The van der Waals surface area contributed by atoms with Gasteiger partial charge < -0.3 is 14.7 Å². The summed E-state index contributed by atoms with van der Waals surface area (Å²) in [4.78, 5) is 12.8. The fourth-order valence-corrected chi connectivity index (χ4v) is 5.23. The number of nitrogens with zero attached hydrogens (tertiary/aromatic N) is 2. The average Bonchev–Trinajstić information content (AvgIpc) is 2.89. The van der Waals surface area contributed by atoms with E-state index in [0.29, 0.717) is 12.4 Å². The van der Waals surface area contributed by atoms with Crippen LogP contribution in [-0.2, 0) is 5.60 Å². The Kier molecular flexibility index (Phi) is 8.06. The molecule has 1 atom stereocenters. The Morgan fingerprint density at radius 1 is 1.06 bits per heavy atom. The first-order valence-corrected chi connectivity index (χ1v) is 12.4. The van der Waals surface area contributed by atoms with Gasteiger partial charge in [-0.25, -0.2) is 0 Å². The van der Waals surface area contributed by atoms with Crippen molar-refractivity contribution < 1.29 is 14.8 Å². The lowest BCUT2D eigenvalue weighted by atomic mass is 9.72. The van der Waals surface area contributed by atoms with Crippen molar-refractivity contribution in [2.75, 3.05) is 26.2 Å². The summed E-state index contributed by atoms with van der Waals surface area (Å²) in [5.41, 5.74) is 0.803. The van der Waals surface area contributed by atoms with Gasteiger partial charge in [0, 0.05) is 24.6 Å². The first kappa shape index (κ1) is 25.2. The Morgan fingerprint density at radius 2 is 1.63 bits per heavy atom. The second kappa shape index (κ2) is 11.2. The van der Waals surface area contributed by atoms with E-state index in [-0.39, 0.29) is 22.5 Å². The van der Waals surface area contributed by atoms with Gasteiger partial charge in [-0.3, -0.25) is 10.1 Å². The first-order chi connectivity index (χ1) is 16.9. The van der Waals surface area contributed by atoms with Gasteiger partial charge in [0.1, 0.15) is 11.4 Å². The van der Waals surface area contributed by atoms with Gasteiger partial charge in [-0.1, -0.05) is 79.2 Å². The Hall–Kier alpha value is -2.93. The van der Waals surface area contributed by atoms with E-state index in [9.17, 15) is 15.2 Å². The van der Waals surface area contributed by atoms with E-state index in [2.05, 4.69) is 11.8 Å². The summed E-state index contributed by atoms with van der Waals surface area (Å²) in [5, 5.41) is 23.2. The summed E-state index contributed by atoms with van der Waals surface area (Å²) < 4.78 is 5.84. The number of benzene rings is 3. The molecule has 1 unspecified atom stereocenters. The third kappa shape index (κ3) is 5.84. The minimum Gasteiger partial charge on any atom is -0.492 e. The summed E-state index contributed by atoms with van der Waals surface area (Å²) in [6.07, 6.45) is 1.78. The molecule has 1 fully saturated rings. The number of nitro groups is 1. The van der Waals surface area contributed by atoms with Crippen LogP contribution in [-0.4, -0.2) is 41.2 Å². The van der Waals surface area contributed by atoms with Crippen LogP contribution in [0.5, 0.6) is 5.75 Å². The van der Waals surface area contributed by atoms with E-state index in [1.54, 1.807) is 6.07 Å². The van der Waals surface area contributed by atoms with Crippen molar-refractivity contribution in [1.82, 2.24) is 4.90 Å². The molecule has 0 aliphatic carbocycles. The molecule has 7 heteroatoms. The van der Waals surface area contributed by atoms with E-state index in [0.717, 1.165) is 43.6 Å². The van der Waals surface area contributed by atoms with Gasteiger partial charge in [-0.2, -0.15) is 0 Å². The van der Waals surface area contributed by atoms with Crippen molar-refractivity contribution in [2.24, 2.45) is 11.8 Å². The molecule has 0 saturated carbocycles. The van der Waals surface area contributed by atoms with Crippen LogP contribution in [0.4, 0.5) is 5.69 Å². The highest BCUT2D eigenvalue weighted by Crippen LogP contribution is 2.42. The monoisotopic (exact) mass is 494 g/mol. The smallest absolute Gasteiger partial charge is 0.271 e. The predicted octanol–water partition coefficient (Wildman–Crippen LogP) is 5.91. The number of nitro benzene ring substituents is 1. The normalized spacial score (nSPS) is 16.1. The molecule has 184 valence electrons. The van der Waals surface area contributed by atoms with Gasteiger partial charge in [0.2, 0.25) is 0 Å². The van der Waals surface area contributed by atoms with Gasteiger partial charge in [-0.05, 0) is 49.0 Å². The zero-order chi connectivity index (χ0) is 24.8. The largest absolute Gasteiger partial charge is 0.492 e. The molecule has 1 aliphatic rings. The molecule has 3 aromatic rings.